The second-order valence-electron chi connectivity index (χ2n) is 4.85. The third-order valence-corrected chi connectivity index (χ3v) is 4.99. The molecule has 0 heterocycles. The van der Waals surface area contributed by atoms with Crippen LogP contribution in [0.5, 0.6) is 0 Å². The van der Waals surface area contributed by atoms with Gasteiger partial charge in [0.25, 0.3) is 0 Å². The van der Waals surface area contributed by atoms with E-state index in [1.54, 1.807) is 19.1 Å². The van der Waals surface area contributed by atoms with Crippen molar-refractivity contribution in [1.29, 1.82) is 0 Å². The first kappa shape index (κ1) is 16.0. The Bertz CT molecular complexity index is 459. The van der Waals surface area contributed by atoms with Crippen LogP contribution in [0.1, 0.15) is 46.5 Å². The molecule has 0 aliphatic rings. The molecule has 0 fully saturated rings. The molecule has 0 unspecified atom stereocenters. The maximum atomic E-state index is 11.7. The lowest BCUT2D eigenvalue weighted by Gasteiger charge is -2.18. The Kier molecular flexibility index (Phi) is 6.35. The van der Waals surface area contributed by atoms with E-state index < -0.39 is 9.84 Å². The van der Waals surface area contributed by atoms with Crippen molar-refractivity contribution in [2.45, 2.75) is 57.4 Å². The second kappa shape index (κ2) is 7.53. The van der Waals surface area contributed by atoms with Crippen LogP contribution in [0.2, 0.25) is 0 Å². The highest BCUT2D eigenvalue weighted by molar-refractivity contribution is 7.91. The van der Waals surface area contributed by atoms with E-state index in [4.69, 9.17) is 0 Å². The first-order valence-electron chi connectivity index (χ1n) is 7.12. The largest absolute Gasteiger partial charge is 0.382 e. The van der Waals surface area contributed by atoms with Crippen LogP contribution in [0.3, 0.4) is 0 Å². The van der Waals surface area contributed by atoms with Crippen molar-refractivity contribution in [1.82, 2.24) is 0 Å². The SMILES string of the molecule is CCCC(CCC)Nc1ccc(S(=O)(=O)CC)cc1. The zero-order valence-electron chi connectivity index (χ0n) is 12.1. The minimum Gasteiger partial charge on any atom is -0.382 e. The topological polar surface area (TPSA) is 46.2 Å². The van der Waals surface area contributed by atoms with Gasteiger partial charge in [-0.3, -0.25) is 0 Å². The third kappa shape index (κ3) is 4.86. The van der Waals surface area contributed by atoms with Gasteiger partial charge in [-0.1, -0.05) is 33.6 Å². The molecule has 3 nitrogen and oxygen atoms in total. The number of hydrogen-bond donors (Lipinski definition) is 1. The van der Waals surface area contributed by atoms with Crippen LogP contribution in [-0.2, 0) is 9.84 Å². The van der Waals surface area contributed by atoms with E-state index in [2.05, 4.69) is 19.2 Å². The van der Waals surface area contributed by atoms with Gasteiger partial charge in [-0.05, 0) is 37.1 Å². The first-order valence-corrected chi connectivity index (χ1v) is 8.78. The van der Waals surface area contributed by atoms with Crippen molar-refractivity contribution in [3.63, 3.8) is 0 Å². The zero-order valence-corrected chi connectivity index (χ0v) is 13.0. The Morgan fingerprint density at radius 3 is 1.95 bits per heavy atom. The zero-order chi connectivity index (χ0) is 14.3. The maximum absolute atomic E-state index is 11.7. The van der Waals surface area contributed by atoms with Gasteiger partial charge in [0.05, 0.1) is 10.6 Å². The van der Waals surface area contributed by atoms with Crippen LogP contribution >= 0.6 is 0 Å². The average molecular weight is 283 g/mol. The number of hydrogen-bond acceptors (Lipinski definition) is 3. The lowest BCUT2D eigenvalue weighted by atomic mass is 10.1. The lowest BCUT2D eigenvalue weighted by molar-refractivity contribution is 0.586. The number of sulfone groups is 1. The van der Waals surface area contributed by atoms with E-state index in [-0.39, 0.29) is 5.75 Å². The molecule has 0 spiro atoms. The van der Waals surface area contributed by atoms with Crippen LogP contribution in [0.15, 0.2) is 29.2 Å². The fourth-order valence-corrected chi connectivity index (χ4v) is 3.03. The molecule has 0 saturated carbocycles. The summed E-state index contributed by atoms with van der Waals surface area (Å²) in [5, 5.41) is 3.48. The Morgan fingerprint density at radius 1 is 1.00 bits per heavy atom. The summed E-state index contributed by atoms with van der Waals surface area (Å²) in [5.41, 5.74) is 1.00. The van der Waals surface area contributed by atoms with Gasteiger partial charge >= 0.3 is 0 Å². The summed E-state index contributed by atoms with van der Waals surface area (Å²) in [4.78, 5) is 0.406. The average Bonchev–Trinajstić information content (AvgIpc) is 2.40. The van der Waals surface area contributed by atoms with E-state index in [9.17, 15) is 8.42 Å². The van der Waals surface area contributed by atoms with Crippen LogP contribution < -0.4 is 5.32 Å². The molecule has 1 N–H and O–H groups in total. The van der Waals surface area contributed by atoms with Gasteiger partial charge in [0.15, 0.2) is 9.84 Å². The lowest BCUT2D eigenvalue weighted by Crippen LogP contribution is -2.18. The first-order chi connectivity index (χ1) is 9.03. The third-order valence-electron chi connectivity index (χ3n) is 3.24. The summed E-state index contributed by atoms with van der Waals surface area (Å²) in [6.07, 6.45) is 4.59. The minimum absolute atomic E-state index is 0.147. The molecule has 1 aromatic carbocycles. The van der Waals surface area contributed by atoms with Gasteiger partial charge in [-0.25, -0.2) is 8.42 Å². The van der Waals surface area contributed by atoms with Gasteiger partial charge in [0, 0.05) is 11.7 Å². The van der Waals surface area contributed by atoms with Crippen molar-refractivity contribution in [3.05, 3.63) is 24.3 Å². The quantitative estimate of drug-likeness (QED) is 0.788. The minimum atomic E-state index is -3.09. The van der Waals surface area contributed by atoms with Crippen molar-refractivity contribution in [2.75, 3.05) is 11.1 Å². The van der Waals surface area contributed by atoms with Crippen molar-refractivity contribution >= 4 is 15.5 Å². The highest BCUT2D eigenvalue weighted by Crippen LogP contribution is 2.18. The molecule has 0 bridgehead atoms. The molecule has 0 aromatic heterocycles. The summed E-state index contributed by atoms with van der Waals surface area (Å²) in [6, 6.07) is 7.58. The molecule has 0 radical (unpaired) electrons. The van der Waals surface area contributed by atoms with Crippen molar-refractivity contribution in [2.24, 2.45) is 0 Å². The fourth-order valence-electron chi connectivity index (χ4n) is 2.15. The molecule has 0 aliphatic carbocycles. The van der Waals surface area contributed by atoms with E-state index in [0.717, 1.165) is 31.4 Å². The van der Waals surface area contributed by atoms with Gasteiger partial charge in [0.1, 0.15) is 0 Å². The van der Waals surface area contributed by atoms with Crippen molar-refractivity contribution in [3.8, 4) is 0 Å². The Labute approximate surface area is 117 Å². The molecule has 0 aliphatic heterocycles. The van der Waals surface area contributed by atoms with Gasteiger partial charge in [0.2, 0.25) is 0 Å². The molecule has 1 rings (SSSR count). The van der Waals surface area contributed by atoms with Crippen molar-refractivity contribution < 1.29 is 8.42 Å². The predicted molar refractivity (Wildman–Crippen MR) is 81.4 cm³/mol. The Balaban J connectivity index is 2.76. The molecule has 0 saturated heterocycles. The van der Waals surface area contributed by atoms with E-state index >= 15 is 0 Å². The van der Waals surface area contributed by atoms with Gasteiger partial charge < -0.3 is 5.32 Å². The summed E-state index contributed by atoms with van der Waals surface area (Å²) in [6.45, 7) is 6.03. The predicted octanol–water partition coefficient (Wildman–Crippen LogP) is 3.86. The Hall–Kier alpha value is -1.03. The normalized spacial score (nSPS) is 11.8. The van der Waals surface area contributed by atoms with Gasteiger partial charge in [-0.2, -0.15) is 0 Å². The molecule has 19 heavy (non-hydrogen) atoms. The highest BCUT2D eigenvalue weighted by Gasteiger charge is 2.11. The smallest absolute Gasteiger partial charge is 0.178 e. The molecule has 1 aromatic rings. The number of anilines is 1. The molecule has 108 valence electrons. The van der Waals surface area contributed by atoms with Gasteiger partial charge in [-0.15, -0.1) is 0 Å². The summed E-state index contributed by atoms with van der Waals surface area (Å²) in [5.74, 6) is 0.147. The second-order valence-corrected chi connectivity index (χ2v) is 7.12. The number of rotatable bonds is 8. The monoisotopic (exact) mass is 283 g/mol. The van der Waals surface area contributed by atoms with Crippen LogP contribution in [-0.4, -0.2) is 20.2 Å². The van der Waals surface area contributed by atoms with E-state index in [1.807, 2.05) is 12.1 Å². The molecular weight excluding hydrogens is 258 g/mol. The maximum Gasteiger partial charge on any atom is 0.178 e. The molecule has 0 atom stereocenters. The van der Waals surface area contributed by atoms with E-state index in [0.29, 0.717) is 10.9 Å². The highest BCUT2D eigenvalue weighted by atomic mass is 32.2. The Morgan fingerprint density at radius 2 is 1.53 bits per heavy atom. The summed E-state index contributed by atoms with van der Waals surface area (Å²) in [7, 11) is -3.09. The standard InChI is InChI=1S/C15H25NO2S/c1-4-7-13(8-5-2)16-14-9-11-15(12-10-14)19(17,18)6-3/h9-13,16H,4-8H2,1-3H3. The summed E-state index contributed by atoms with van der Waals surface area (Å²) >= 11 is 0. The molecular formula is C15H25NO2S. The van der Waals surface area contributed by atoms with Crippen LogP contribution in [0.25, 0.3) is 0 Å². The molecule has 0 amide bonds. The number of benzene rings is 1. The van der Waals surface area contributed by atoms with Crippen LogP contribution in [0, 0.1) is 0 Å². The van der Waals surface area contributed by atoms with Crippen LogP contribution in [0.4, 0.5) is 5.69 Å². The summed E-state index contributed by atoms with van der Waals surface area (Å²) < 4.78 is 23.4. The van der Waals surface area contributed by atoms with E-state index in [1.165, 1.54) is 0 Å². The molecule has 4 heteroatoms. The fraction of sp³-hybridized carbons (Fsp3) is 0.600. The number of nitrogens with one attached hydrogen (secondary N) is 1.